The highest BCUT2D eigenvalue weighted by molar-refractivity contribution is 7.92. The van der Waals surface area contributed by atoms with Crippen LogP contribution in [0.3, 0.4) is 0 Å². The molecule has 1 aromatic rings. The molecule has 0 spiro atoms. The third kappa shape index (κ3) is 2.01. The molecule has 0 atom stereocenters. The van der Waals surface area contributed by atoms with Gasteiger partial charge in [-0.3, -0.25) is 0 Å². The first-order valence-electron chi connectivity index (χ1n) is 5.85. The molecule has 0 heterocycles. The maximum absolute atomic E-state index is 12.2. The molecule has 0 radical (unpaired) electrons. The Labute approximate surface area is 97.6 Å². The van der Waals surface area contributed by atoms with Crippen molar-refractivity contribution < 1.29 is 8.42 Å². The van der Waals surface area contributed by atoms with Crippen molar-refractivity contribution in [3.05, 3.63) is 29.8 Å². The summed E-state index contributed by atoms with van der Waals surface area (Å²) in [5.41, 5.74) is 1.10. The third-order valence-electron chi connectivity index (χ3n) is 3.34. The van der Waals surface area contributed by atoms with Crippen molar-refractivity contribution in [1.29, 1.82) is 0 Å². The number of rotatable bonds is 3. The second-order valence-corrected chi connectivity index (χ2v) is 7.05. The van der Waals surface area contributed by atoms with Crippen molar-refractivity contribution >= 4 is 9.84 Å². The zero-order valence-electron chi connectivity index (χ0n) is 9.81. The summed E-state index contributed by atoms with van der Waals surface area (Å²) in [5.74, 6) is 0.372. The van der Waals surface area contributed by atoms with Crippen molar-refractivity contribution in [2.24, 2.45) is 0 Å². The van der Waals surface area contributed by atoms with Crippen LogP contribution in [-0.2, 0) is 9.84 Å². The highest BCUT2D eigenvalue weighted by atomic mass is 32.2. The van der Waals surface area contributed by atoms with Gasteiger partial charge < -0.3 is 0 Å². The standard InChI is InChI=1S/C13H18O2S/c1-10(2)11-5-3-8-13(9-11)16(14,15)12-6-4-7-12/h3,5,8-10,12H,4,6-7H2,1-2H3. The van der Waals surface area contributed by atoms with Crippen molar-refractivity contribution in [2.75, 3.05) is 0 Å². The Hall–Kier alpha value is -0.830. The van der Waals surface area contributed by atoms with Crippen LogP contribution >= 0.6 is 0 Å². The molecule has 0 bridgehead atoms. The smallest absolute Gasteiger partial charge is 0.181 e. The van der Waals surface area contributed by atoms with Crippen LogP contribution in [0.1, 0.15) is 44.6 Å². The fourth-order valence-electron chi connectivity index (χ4n) is 1.92. The summed E-state index contributed by atoms with van der Waals surface area (Å²) in [6, 6.07) is 7.39. The van der Waals surface area contributed by atoms with Crippen molar-refractivity contribution in [3.8, 4) is 0 Å². The molecule has 0 saturated heterocycles. The molecule has 1 aliphatic rings. The van der Waals surface area contributed by atoms with Gasteiger partial charge in [0.25, 0.3) is 0 Å². The van der Waals surface area contributed by atoms with Crippen molar-refractivity contribution in [1.82, 2.24) is 0 Å². The van der Waals surface area contributed by atoms with E-state index in [1.165, 1.54) is 0 Å². The molecular formula is C13H18O2S. The van der Waals surface area contributed by atoms with Gasteiger partial charge >= 0.3 is 0 Å². The Balaban J connectivity index is 2.36. The minimum absolute atomic E-state index is 0.130. The lowest BCUT2D eigenvalue weighted by molar-refractivity contribution is 0.476. The Morgan fingerprint density at radius 2 is 1.94 bits per heavy atom. The van der Waals surface area contributed by atoms with Crippen LogP contribution in [0.15, 0.2) is 29.2 Å². The Morgan fingerprint density at radius 3 is 2.44 bits per heavy atom. The lowest BCUT2D eigenvalue weighted by atomic mass is 10.00. The second-order valence-electron chi connectivity index (χ2n) is 4.83. The fourth-order valence-corrected chi connectivity index (χ4v) is 3.83. The highest BCUT2D eigenvalue weighted by Crippen LogP contribution is 2.31. The second kappa shape index (κ2) is 4.21. The van der Waals surface area contributed by atoms with E-state index in [1.54, 1.807) is 6.07 Å². The SMILES string of the molecule is CC(C)c1cccc(S(=O)(=O)C2CCC2)c1. The zero-order valence-corrected chi connectivity index (χ0v) is 10.6. The van der Waals surface area contributed by atoms with Crippen LogP contribution in [0.25, 0.3) is 0 Å². The molecule has 1 aliphatic carbocycles. The van der Waals surface area contributed by atoms with Gasteiger partial charge in [-0.15, -0.1) is 0 Å². The minimum Gasteiger partial charge on any atom is -0.223 e. The maximum atomic E-state index is 12.2. The van der Waals surface area contributed by atoms with E-state index >= 15 is 0 Å². The summed E-state index contributed by atoms with van der Waals surface area (Å²) in [5, 5.41) is -0.130. The topological polar surface area (TPSA) is 34.1 Å². The van der Waals surface area contributed by atoms with Gasteiger partial charge in [0.05, 0.1) is 10.1 Å². The summed E-state index contributed by atoms with van der Waals surface area (Å²) in [6.07, 6.45) is 2.70. The van der Waals surface area contributed by atoms with Crippen LogP contribution in [0.4, 0.5) is 0 Å². The van der Waals surface area contributed by atoms with Gasteiger partial charge in [-0.05, 0) is 36.5 Å². The van der Waals surface area contributed by atoms with E-state index in [0.717, 1.165) is 24.8 Å². The molecule has 1 saturated carbocycles. The van der Waals surface area contributed by atoms with Crippen molar-refractivity contribution in [2.45, 2.75) is 49.2 Å². The minimum atomic E-state index is -3.06. The van der Waals surface area contributed by atoms with Gasteiger partial charge in [-0.1, -0.05) is 32.4 Å². The molecule has 0 amide bonds. The molecule has 0 aromatic heterocycles. The lowest BCUT2D eigenvalue weighted by Crippen LogP contribution is -2.28. The van der Waals surface area contributed by atoms with Gasteiger partial charge in [-0.2, -0.15) is 0 Å². The zero-order chi connectivity index (χ0) is 11.8. The number of hydrogen-bond donors (Lipinski definition) is 0. The Bertz CT molecular complexity index is 470. The maximum Gasteiger partial charge on any atom is 0.181 e. The third-order valence-corrected chi connectivity index (χ3v) is 5.60. The fraction of sp³-hybridized carbons (Fsp3) is 0.538. The number of hydrogen-bond acceptors (Lipinski definition) is 2. The predicted molar refractivity (Wildman–Crippen MR) is 65.4 cm³/mol. The summed E-state index contributed by atoms with van der Waals surface area (Å²) in [6.45, 7) is 4.16. The normalized spacial score (nSPS) is 17.4. The first kappa shape index (κ1) is 11.6. The molecule has 0 aliphatic heterocycles. The van der Waals surface area contributed by atoms with E-state index in [0.29, 0.717) is 10.8 Å². The van der Waals surface area contributed by atoms with E-state index < -0.39 is 9.84 Å². The summed E-state index contributed by atoms with van der Waals surface area (Å²) >= 11 is 0. The first-order chi connectivity index (χ1) is 7.51. The Kier molecular flexibility index (Phi) is 3.06. The molecule has 16 heavy (non-hydrogen) atoms. The van der Waals surface area contributed by atoms with E-state index in [1.807, 2.05) is 18.2 Å². The molecular weight excluding hydrogens is 220 g/mol. The molecule has 3 heteroatoms. The molecule has 1 fully saturated rings. The summed E-state index contributed by atoms with van der Waals surface area (Å²) in [7, 11) is -3.06. The van der Waals surface area contributed by atoms with Crippen LogP contribution < -0.4 is 0 Å². The highest BCUT2D eigenvalue weighted by Gasteiger charge is 2.32. The molecule has 1 aromatic carbocycles. The van der Waals surface area contributed by atoms with E-state index in [2.05, 4.69) is 13.8 Å². The van der Waals surface area contributed by atoms with E-state index in [9.17, 15) is 8.42 Å². The first-order valence-corrected chi connectivity index (χ1v) is 7.40. The molecule has 2 rings (SSSR count). The summed E-state index contributed by atoms with van der Waals surface area (Å²) in [4.78, 5) is 0.503. The largest absolute Gasteiger partial charge is 0.223 e. The van der Waals surface area contributed by atoms with Crippen LogP contribution in [0, 0.1) is 0 Å². The van der Waals surface area contributed by atoms with E-state index in [4.69, 9.17) is 0 Å². The average molecular weight is 238 g/mol. The van der Waals surface area contributed by atoms with Gasteiger partial charge in [0.15, 0.2) is 9.84 Å². The van der Waals surface area contributed by atoms with Gasteiger partial charge in [0.1, 0.15) is 0 Å². The quantitative estimate of drug-likeness (QED) is 0.810. The molecule has 88 valence electrons. The van der Waals surface area contributed by atoms with Gasteiger partial charge in [0.2, 0.25) is 0 Å². The number of benzene rings is 1. The molecule has 0 unspecified atom stereocenters. The van der Waals surface area contributed by atoms with Crippen LogP contribution in [0.5, 0.6) is 0 Å². The molecule has 2 nitrogen and oxygen atoms in total. The van der Waals surface area contributed by atoms with Gasteiger partial charge in [0, 0.05) is 0 Å². The summed E-state index contributed by atoms with van der Waals surface area (Å²) < 4.78 is 24.4. The van der Waals surface area contributed by atoms with Gasteiger partial charge in [-0.25, -0.2) is 8.42 Å². The van der Waals surface area contributed by atoms with Crippen LogP contribution in [0.2, 0.25) is 0 Å². The molecule has 0 N–H and O–H groups in total. The van der Waals surface area contributed by atoms with E-state index in [-0.39, 0.29) is 5.25 Å². The number of sulfone groups is 1. The lowest BCUT2D eigenvalue weighted by Gasteiger charge is -2.25. The van der Waals surface area contributed by atoms with Crippen molar-refractivity contribution in [3.63, 3.8) is 0 Å². The predicted octanol–water partition coefficient (Wildman–Crippen LogP) is 3.14. The van der Waals surface area contributed by atoms with Crippen LogP contribution in [-0.4, -0.2) is 13.7 Å². The Morgan fingerprint density at radius 1 is 1.25 bits per heavy atom. The average Bonchev–Trinajstić information content (AvgIpc) is 2.14. The monoisotopic (exact) mass is 238 g/mol.